The SMILES string of the molecule is O=c1[nH]c(C2CCCCC2)nc2c1CN(Cc1c(O)cc(O)cc1O)CC2. The Morgan fingerprint density at radius 1 is 1.11 bits per heavy atom. The highest BCUT2D eigenvalue weighted by Crippen LogP contribution is 2.34. The maximum atomic E-state index is 12.6. The molecule has 4 N–H and O–H groups in total. The molecule has 0 saturated heterocycles. The fourth-order valence-corrected chi connectivity index (χ4v) is 4.22. The summed E-state index contributed by atoms with van der Waals surface area (Å²) in [5, 5.41) is 29.4. The monoisotopic (exact) mass is 371 g/mol. The van der Waals surface area contributed by atoms with E-state index in [1.807, 2.05) is 4.90 Å². The number of aromatic nitrogens is 2. The number of hydrogen-bond acceptors (Lipinski definition) is 6. The molecular formula is C20H25N3O4. The van der Waals surface area contributed by atoms with Gasteiger partial charge in [-0.25, -0.2) is 4.98 Å². The summed E-state index contributed by atoms with van der Waals surface area (Å²) in [7, 11) is 0. The summed E-state index contributed by atoms with van der Waals surface area (Å²) < 4.78 is 0. The smallest absolute Gasteiger partial charge is 0.255 e. The maximum Gasteiger partial charge on any atom is 0.255 e. The molecule has 0 unspecified atom stereocenters. The topological polar surface area (TPSA) is 110 Å². The zero-order chi connectivity index (χ0) is 19.0. The number of phenolic OH excluding ortho intramolecular Hbond substituents is 3. The summed E-state index contributed by atoms with van der Waals surface area (Å²) in [6, 6.07) is 2.41. The molecule has 0 atom stereocenters. The van der Waals surface area contributed by atoms with Crippen LogP contribution in [-0.2, 0) is 19.5 Å². The fraction of sp³-hybridized carbons (Fsp3) is 0.500. The Balaban J connectivity index is 1.54. The van der Waals surface area contributed by atoms with Crippen molar-refractivity contribution >= 4 is 0 Å². The summed E-state index contributed by atoms with van der Waals surface area (Å²) in [5.74, 6) is 0.700. The number of nitrogens with one attached hydrogen (secondary N) is 1. The normalized spacial score (nSPS) is 18.4. The van der Waals surface area contributed by atoms with Crippen LogP contribution < -0.4 is 5.56 Å². The molecule has 0 radical (unpaired) electrons. The maximum absolute atomic E-state index is 12.6. The summed E-state index contributed by atoms with van der Waals surface area (Å²) in [6.45, 7) is 1.40. The third-order valence-corrected chi connectivity index (χ3v) is 5.73. The lowest BCUT2D eigenvalue weighted by Crippen LogP contribution is -2.36. The molecule has 0 bridgehead atoms. The van der Waals surface area contributed by atoms with Crippen molar-refractivity contribution in [3.63, 3.8) is 0 Å². The van der Waals surface area contributed by atoms with E-state index in [-0.39, 0.29) is 22.8 Å². The molecule has 7 nitrogen and oxygen atoms in total. The average molecular weight is 371 g/mol. The Morgan fingerprint density at radius 3 is 2.52 bits per heavy atom. The Kier molecular flexibility index (Phi) is 4.78. The van der Waals surface area contributed by atoms with Gasteiger partial charge in [0.2, 0.25) is 0 Å². The number of H-pyrrole nitrogens is 1. The van der Waals surface area contributed by atoms with Crippen LogP contribution in [0.25, 0.3) is 0 Å². The summed E-state index contributed by atoms with van der Waals surface area (Å²) in [6.07, 6.45) is 6.49. The van der Waals surface area contributed by atoms with Crippen molar-refractivity contribution in [3.05, 3.63) is 45.1 Å². The highest BCUT2D eigenvalue weighted by Gasteiger charge is 2.25. The molecule has 2 aliphatic rings. The van der Waals surface area contributed by atoms with E-state index >= 15 is 0 Å². The van der Waals surface area contributed by atoms with E-state index in [4.69, 9.17) is 4.98 Å². The van der Waals surface area contributed by atoms with Crippen LogP contribution in [0.15, 0.2) is 16.9 Å². The van der Waals surface area contributed by atoms with Crippen molar-refractivity contribution in [1.82, 2.24) is 14.9 Å². The zero-order valence-corrected chi connectivity index (χ0v) is 15.2. The molecule has 1 aliphatic heterocycles. The first-order valence-corrected chi connectivity index (χ1v) is 9.59. The molecule has 2 aromatic rings. The van der Waals surface area contributed by atoms with Gasteiger partial charge in [-0.05, 0) is 12.8 Å². The van der Waals surface area contributed by atoms with Gasteiger partial charge in [0.25, 0.3) is 5.56 Å². The molecule has 1 saturated carbocycles. The largest absolute Gasteiger partial charge is 0.508 e. The first-order chi connectivity index (χ1) is 13.0. The number of phenols is 3. The highest BCUT2D eigenvalue weighted by molar-refractivity contribution is 5.48. The molecule has 1 aromatic heterocycles. The Labute approximate surface area is 157 Å². The molecule has 4 rings (SSSR count). The van der Waals surface area contributed by atoms with E-state index in [0.717, 1.165) is 24.4 Å². The van der Waals surface area contributed by atoms with E-state index in [1.165, 1.54) is 31.4 Å². The molecule has 1 aromatic carbocycles. The van der Waals surface area contributed by atoms with Gasteiger partial charge in [-0.2, -0.15) is 0 Å². The molecule has 0 spiro atoms. The Morgan fingerprint density at radius 2 is 1.81 bits per heavy atom. The predicted molar refractivity (Wildman–Crippen MR) is 99.9 cm³/mol. The van der Waals surface area contributed by atoms with Crippen LogP contribution in [0.2, 0.25) is 0 Å². The molecule has 144 valence electrons. The molecule has 1 fully saturated rings. The van der Waals surface area contributed by atoms with Crippen LogP contribution in [0.1, 0.15) is 60.7 Å². The fourth-order valence-electron chi connectivity index (χ4n) is 4.22. The van der Waals surface area contributed by atoms with Crippen molar-refractivity contribution in [3.8, 4) is 17.2 Å². The Hall–Kier alpha value is -2.54. The van der Waals surface area contributed by atoms with Gasteiger partial charge < -0.3 is 20.3 Å². The van der Waals surface area contributed by atoms with Crippen LogP contribution >= 0.6 is 0 Å². The van der Waals surface area contributed by atoms with Gasteiger partial charge in [0, 0.05) is 49.7 Å². The van der Waals surface area contributed by atoms with Crippen LogP contribution in [0, 0.1) is 0 Å². The highest BCUT2D eigenvalue weighted by atomic mass is 16.3. The molecule has 7 heteroatoms. The molecule has 2 heterocycles. The van der Waals surface area contributed by atoms with Gasteiger partial charge in [-0.15, -0.1) is 0 Å². The van der Waals surface area contributed by atoms with Crippen molar-refractivity contribution < 1.29 is 15.3 Å². The van der Waals surface area contributed by atoms with Crippen LogP contribution in [0.5, 0.6) is 17.2 Å². The lowest BCUT2D eigenvalue weighted by Gasteiger charge is -2.29. The Bertz CT molecular complexity index is 880. The van der Waals surface area contributed by atoms with Gasteiger partial charge >= 0.3 is 0 Å². The first-order valence-electron chi connectivity index (χ1n) is 9.59. The summed E-state index contributed by atoms with van der Waals surface area (Å²) in [5.41, 5.74) is 1.80. The van der Waals surface area contributed by atoms with Gasteiger partial charge in [0.05, 0.1) is 11.3 Å². The van der Waals surface area contributed by atoms with E-state index in [0.29, 0.717) is 43.1 Å². The van der Waals surface area contributed by atoms with Gasteiger partial charge in [-0.3, -0.25) is 9.69 Å². The quantitative estimate of drug-likeness (QED) is 0.660. The van der Waals surface area contributed by atoms with Gasteiger partial charge in [0.15, 0.2) is 0 Å². The minimum Gasteiger partial charge on any atom is -0.508 e. The van der Waals surface area contributed by atoms with E-state index in [9.17, 15) is 20.1 Å². The second kappa shape index (κ2) is 7.23. The van der Waals surface area contributed by atoms with Crippen molar-refractivity contribution in [1.29, 1.82) is 0 Å². The van der Waals surface area contributed by atoms with Crippen molar-refractivity contribution in [2.75, 3.05) is 6.54 Å². The van der Waals surface area contributed by atoms with E-state index < -0.39 is 0 Å². The van der Waals surface area contributed by atoms with Crippen LogP contribution in [-0.4, -0.2) is 36.7 Å². The van der Waals surface area contributed by atoms with Gasteiger partial charge in [0.1, 0.15) is 23.1 Å². The minimum atomic E-state index is -0.186. The molecule has 27 heavy (non-hydrogen) atoms. The van der Waals surface area contributed by atoms with Crippen molar-refractivity contribution in [2.45, 2.75) is 57.5 Å². The third-order valence-electron chi connectivity index (χ3n) is 5.73. The first kappa shape index (κ1) is 17.9. The average Bonchev–Trinajstić information content (AvgIpc) is 2.65. The number of nitrogens with zero attached hydrogens (tertiary/aromatic N) is 2. The number of rotatable bonds is 3. The van der Waals surface area contributed by atoms with Crippen molar-refractivity contribution in [2.24, 2.45) is 0 Å². The number of aromatic hydroxyl groups is 3. The molecule has 1 aliphatic carbocycles. The number of hydrogen-bond donors (Lipinski definition) is 4. The van der Waals surface area contributed by atoms with E-state index in [1.54, 1.807) is 0 Å². The number of aromatic amines is 1. The second-order valence-corrected chi connectivity index (χ2v) is 7.63. The zero-order valence-electron chi connectivity index (χ0n) is 15.2. The standard InChI is InChI=1S/C20H25N3O4/c24-13-8-17(25)15(18(26)9-13)11-23-7-6-16-14(10-23)20(27)22-19(21-16)12-4-2-1-3-5-12/h8-9,12,24-26H,1-7,10-11H2,(H,21,22,27). The lowest BCUT2D eigenvalue weighted by atomic mass is 9.88. The number of fused-ring (bicyclic) bond motifs is 1. The second-order valence-electron chi connectivity index (χ2n) is 7.63. The van der Waals surface area contributed by atoms with Gasteiger partial charge in [-0.1, -0.05) is 19.3 Å². The number of benzene rings is 1. The van der Waals surface area contributed by atoms with Crippen LogP contribution in [0.3, 0.4) is 0 Å². The molecular weight excluding hydrogens is 346 g/mol. The minimum absolute atomic E-state index is 0.0792. The predicted octanol–water partition coefficient (Wildman–Crippen LogP) is 2.49. The summed E-state index contributed by atoms with van der Waals surface area (Å²) >= 11 is 0. The lowest BCUT2D eigenvalue weighted by molar-refractivity contribution is 0.234. The molecule has 0 amide bonds. The summed E-state index contributed by atoms with van der Waals surface area (Å²) in [4.78, 5) is 22.4. The van der Waals surface area contributed by atoms with Crippen LogP contribution in [0.4, 0.5) is 0 Å². The third kappa shape index (κ3) is 3.64. The van der Waals surface area contributed by atoms with E-state index in [2.05, 4.69) is 4.98 Å².